The standard InChI is InChI=1S/C22H27IN2O3/c1-3-20(22(27)24-4-2)25(15-14-17-8-6-5-7-9-17)21(26)16-28-19-12-10-18(23)11-13-19/h5-13,20H,3-4,14-16H2,1-2H3,(H,24,27). The Morgan fingerprint density at radius 3 is 2.36 bits per heavy atom. The molecular formula is C22H27IN2O3. The molecule has 1 unspecified atom stereocenters. The Morgan fingerprint density at radius 2 is 1.75 bits per heavy atom. The van der Waals surface area contributed by atoms with E-state index in [1.807, 2.05) is 68.4 Å². The van der Waals surface area contributed by atoms with Gasteiger partial charge in [-0.2, -0.15) is 0 Å². The summed E-state index contributed by atoms with van der Waals surface area (Å²) in [5.74, 6) is 0.330. The van der Waals surface area contributed by atoms with Gasteiger partial charge < -0.3 is 15.0 Å². The third kappa shape index (κ3) is 6.82. The fraction of sp³-hybridized carbons (Fsp3) is 0.364. The highest BCUT2D eigenvalue weighted by Gasteiger charge is 2.28. The molecule has 6 heteroatoms. The molecule has 1 N–H and O–H groups in total. The van der Waals surface area contributed by atoms with Crippen LogP contribution in [0.5, 0.6) is 5.75 Å². The Bertz CT molecular complexity index is 750. The summed E-state index contributed by atoms with van der Waals surface area (Å²) in [6.45, 7) is 4.71. The molecule has 1 atom stereocenters. The van der Waals surface area contributed by atoms with E-state index in [2.05, 4.69) is 27.9 Å². The number of hydrogen-bond acceptors (Lipinski definition) is 3. The molecule has 0 aromatic heterocycles. The van der Waals surface area contributed by atoms with Crippen LogP contribution in [-0.4, -0.2) is 42.5 Å². The highest BCUT2D eigenvalue weighted by Crippen LogP contribution is 2.15. The van der Waals surface area contributed by atoms with E-state index in [0.29, 0.717) is 31.7 Å². The van der Waals surface area contributed by atoms with Crippen LogP contribution in [-0.2, 0) is 16.0 Å². The minimum atomic E-state index is -0.503. The van der Waals surface area contributed by atoms with Crippen molar-refractivity contribution >= 4 is 34.4 Å². The predicted molar refractivity (Wildman–Crippen MR) is 119 cm³/mol. The third-order valence-corrected chi connectivity index (χ3v) is 5.12. The van der Waals surface area contributed by atoms with Gasteiger partial charge in [0.1, 0.15) is 11.8 Å². The van der Waals surface area contributed by atoms with Crippen molar-refractivity contribution in [2.45, 2.75) is 32.7 Å². The van der Waals surface area contributed by atoms with E-state index >= 15 is 0 Å². The number of benzene rings is 2. The van der Waals surface area contributed by atoms with Crippen LogP contribution in [0.3, 0.4) is 0 Å². The van der Waals surface area contributed by atoms with E-state index in [1.165, 1.54) is 0 Å². The number of halogens is 1. The monoisotopic (exact) mass is 494 g/mol. The van der Waals surface area contributed by atoms with Crippen molar-refractivity contribution < 1.29 is 14.3 Å². The second-order valence-corrected chi connectivity index (χ2v) is 7.63. The van der Waals surface area contributed by atoms with Gasteiger partial charge in [-0.3, -0.25) is 9.59 Å². The Hall–Kier alpha value is -2.09. The molecule has 0 fully saturated rings. The zero-order valence-electron chi connectivity index (χ0n) is 16.4. The molecule has 0 bridgehead atoms. The predicted octanol–water partition coefficient (Wildman–Crippen LogP) is 3.66. The first kappa shape index (κ1) is 22.2. The Kier molecular flexibility index (Phi) is 9.27. The second kappa shape index (κ2) is 11.7. The SMILES string of the molecule is CCNC(=O)C(CC)N(CCc1ccccc1)C(=O)COc1ccc(I)cc1. The lowest BCUT2D eigenvalue weighted by Crippen LogP contribution is -2.51. The molecule has 0 saturated heterocycles. The number of nitrogens with zero attached hydrogens (tertiary/aromatic N) is 1. The van der Waals surface area contributed by atoms with Gasteiger partial charge in [-0.05, 0) is 72.2 Å². The van der Waals surface area contributed by atoms with Crippen LogP contribution in [0.1, 0.15) is 25.8 Å². The van der Waals surface area contributed by atoms with E-state index in [9.17, 15) is 9.59 Å². The van der Waals surface area contributed by atoms with E-state index in [0.717, 1.165) is 9.13 Å². The lowest BCUT2D eigenvalue weighted by molar-refractivity contribution is -0.142. The number of amides is 2. The maximum absolute atomic E-state index is 12.9. The van der Waals surface area contributed by atoms with Gasteiger partial charge in [-0.15, -0.1) is 0 Å². The van der Waals surface area contributed by atoms with Gasteiger partial charge in [0, 0.05) is 16.7 Å². The summed E-state index contributed by atoms with van der Waals surface area (Å²) in [4.78, 5) is 27.1. The molecule has 0 heterocycles. The molecule has 0 aliphatic carbocycles. The van der Waals surface area contributed by atoms with Crippen molar-refractivity contribution in [3.63, 3.8) is 0 Å². The largest absolute Gasteiger partial charge is 0.484 e. The molecule has 2 amide bonds. The average molecular weight is 494 g/mol. The van der Waals surface area contributed by atoms with E-state index in [-0.39, 0.29) is 18.4 Å². The van der Waals surface area contributed by atoms with E-state index in [4.69, 9.17) is 4.74 Å². The van der Waals surface area contributed by atoms with Gasteiger partial charge in [-0.1, -0.05) is 37.3 Å². The van der Waals surface area contributed by atoms with Gasteiger partial charge >= 0.3 is 0 Å². The summed E-state index contributed by atoms with van der Waals surface area (Å²) in [5, 5.41) is 2.84. The molecule has 2 aromatic rings. The molecule has 0 aliphatic heterocycles. The zero-order chi connectivity index (χ0) is 20.4. The van der Waals surface area contributed by atoms with Crippen LogP contribution in [0, 0.1) is 3.57 Å². The molecule has 0 aliphatic rings. The molecule has 0 spiro atoms. The number of ether oxygens (including phenoxy) is 1. The lowest BCUT2D eigenvalue weighted by Gasteiger charge is -2.30. The smallest absolute Gasteiger partial charge is 0.261 e. The molecule has 2 rings (SSSR count). The number of likely N-dealkylation sites (N-methyl/N-ethyl adjacent to an activating group) is 1. The first-order chi connectivity index (χ1) is 13.5. The second-order valence-electron chi connectivity index (χ2n) is 6.38. The van der Waals surface area contributed by atoms with Gasteiger partial charge in [0.15, 0.2) is 6.61 Å². The topological polar surface area (TPSA) is 58.6 Å². The van der Waals surface area contributed by atoms with Crippen LogP contribution in [0.25, 0.3) is 0 Å². The summed E-state index contributed by atoms with van der Waals surface area (Å²) in [5.41, 5.74) is 1.13. The maximum atomic E-state index is 12.9. The van der Waals surface area contributed by atoms with Crippen LogP contribution in [0.4, 0.5) is 0 Å². The summed E-state index contributed by atoms with van der Waals surface area (Å²) >= 11 is 2.22. The Balaban J connectivity index is 2.09. The van der Waals surface area contributed by atoms with Crippen molar-refractivity contribution in [1.29, 1.82) is 0 Å². The summed E-state index contributed by atoms with van der Waals surface area (Å²) < 4.78 is 6.76. The quantitative estimate of drug-likeness (QED) is 0.513. The third-order valence-electron chi connectivity index (χ3n) is 4.40. The normalized spacial score (nSPS) is 11.5. The Labute approximate surface area is 180 Å². The van der Waals surface area contributed by atoms with E-state index < -0.39 is 6.04 Å². The zero-order valence-corrected chi connectivity index (χ0v) is 18.5. The lowest BCUT2D eigenvalue weighted by atomic mass is 10.1. The first-order valence-corrected chi connectivity index (χ1v) is 10.6. The van der Waals surface area contributed by atoms with Gasteiger partial charge in [0.2, 0.25) is 5.91 Å². The summed E-state index contributed by atoms with van der Waals surface area (Å²) in [7, 11) is 0. The van der Waals surface area contributed by atoms with Crippen molar-refractivity contribution in [2.24, 2.45) is 0 Å². The first-order valence-electron chi connectivity index (χ1n) is 9.54. The molecular weight excluding hydrogens is 467 g/mol. The molecule has 0 radical (unpaired) electrons. The Morgan fingerprint density at radius 1 is 1.07 bits per heavy atom. The summed E-state index contributed by atoms with van der Waals surface area (Å²) in [6, 6.07) is 17.0. The highest BCUT2D eigenvalue weighted by molar-refractivity contribution is 14.1. The van der Waals surface area contributed by atoms with Gasteiger partial charge in [0.25, 0.3) is 5.91 Å². The maximum Gasteiger partial charge on any atom is 0.261 e. The number of carbonyl (C=O) groups excluding carboxylic acids is 2. The fourth-order valence-electron chi connectivity index (χ4n) is 2.95. The molecule has 2 aromatic carbocycles. The van der Waals surface area contributed by atoms with Gasteiger partial charge in [0.05, 0.1) is 0 Å². The van der Waals surface area contributed by atoms with Crippen LogP contribution < -0.4 is 10.1 Å². The van der Waals surface area contributed by atoms with Crippen molar-refractivity contribution in [1.82, 2.24) is 10.2 Å². The molecule has 5 nitrogen and oxygen atoms in total. The van der Waals surface area contributed by atoms with E-state index in [1.54, 1.807) is 4.90 Å². The van der Waals surface area contributed by atoms with Crippen molar-refractivity contribution in [2.75, 3.05) is 19.7 Å². The number of hydrogen-bond donors (Lipinski definition) is 1. The number of carbonyl (C=O) groups is 2. The molecule has 150 valence electrons. The van der Waals surface area contributed by atoms with Crippen molar-refractivity contribution in [3.8, 4) is 5.75 Å². The van der Waals surface area contributed by atoms with Crippen LogP contribution in [0.15, 0.2) is 54.6 Å². The van der Waals surface area contributed by atoms with Crippen LogP contribution in [0.2, 0.25) is 0 Å². The van der Waals surface area contributed by atoms with Crippen LogP contribution >= 0.6 is 22.6 Å². The average Bonchev–Trinajstić information content (AvgIpc) is 2.71. The minimum Gasteiger partial charge on any atom is -0.484 e. The highest BCUT2D eigenvalue weighted by atomic mass is 127. The molecule has 28 heavy (non-hydrogen) atoms. The van der Waals surface area contributed by atoms with Crippen molar-refractivity contribution in [3.05, 3.63) is 63.7 Å². The number of rotatable bonds is 10. The summed E-state index contributed by atoms with van der Waals surface area (Å²) in [6.07, 6.45) is 1.24. The minimum absolute atomic E-state index is 0.0920. The van der Waals surface area contributed by atoms with Gasteiger partial charge in [-0.25, -0.2) is 0 Å². The fourth-order valence-corrected chi connectivity index (χ4v) is 3.31. The number of nitrogens with one attached hydrogen (secondary N) is 1. The molecule has 0 saturated carbocycles.